The highest BCUT2D eigenvalue weighted by Crippen LogP contribution is 2.10. The topological polar surface area (TPSA) is 9.72 Å². The first kappa shape index (κ1) is 19.1. The maximum atomic E-state index is 2.36. The molecule has 3 radical (unpaired) electrons. The Kier molecular flexibility index (Phi) is 9.07. The van der Waals surface area contributed by atoms with Crippen LogP contribution in [0.1, 0.15) is 60.8 Å². The highest BCUT2D eigenvalue weighted by atomic mass is 15.3. The van der Waals surface area contributed by atoms with Crippen molar-refractivity contribution in [3.63, 3.8) is 0 Å². The first-order chi connectivity index (χ1) is 9.86. The Morgan fingerprint density at radius 3 is 0.952 bits per heavy atom. The van der Waals surface area contributed by atoms with E-state index in [2.05, 4.69) is 78.4 Å². The summed E-state index contributed by atoms with van der Waals surface area (Å²) in [6, 6.07) is 0. The second-order valence-corrected chi connectivity index (χ2v) is 7.61. The molecule has 0 bridgehead atoms. The van der Waals surface area contributed by atoms with Crippen molar-refractivity contribution < 1.29 is 0 Å². The smallest absolute Gasteiger partial charge is 0.290 e. The Labute approximate surface area is 135 Å². The van der Waals surface area contributed by atoms with Crippen LogP contribution in [0.25, 0.3) is 0 Å². The Bertz CT molecular complexity index is 226. The van der Waals surface area contributed by atoms with E-state index in [0.29, 0.717) is 0 Å². The zero-order chi connectivity index (χ0) is 15.8. The molecule has 0 amide bonds. The standard InChI is InChI=1S/C15H33B3N3/c1-13(2)7-10-19-16-20(11-8-14(3)4)18-21(17-19)12-9-15(5)6/h13-15H,7-12H2,1-6H3. The number of nitrogens with zero attached hydrogens (tertiary/aromatic N) is 3. The van der Waals surface area contributed by atoms with E-state index >= 15 is 0 Å². The maximum absolute atomic E-state index is 2.36. The molecule has 0 atom stereocenters. The van der Waals surface area contributed by atoms with Gasteiger partial charge in [0.15, 0.2) is 0 Å². The van der Waals surface area contributed by atoms with Gasteiger partial charge in [0.2, 0.25) is 0 Å². The van der Waals surface area contributed by atoms with E-state index < -0.39 is 0 Å². The predicted molar refractivity (Wildman–Crippen MR) is 95.7 cm³/mol. The van der Waals surface area contributed by atoms with Crippen molar-refractivity contribution in [1.29, 1.82) is 0 Å². The fourth-order valence-electron chi connectivity index (χ4n) is 2.23. The molecule has 1 fully saturated rings. The maximum Gasteiger partial charge on any atom is 0.290 e. The Hall–Kier alpha value is 0.0748. The molecular formula is C15H33B3N3. The van der Waals surface area contributed by atoms with Gasteiger partial charge in [0, 0.05) is 0 Å². The minimum absolute atomic E-state index is 0.755. The fraction of sp³-hybridized carbons (Fsp3) is 1.00. The first-order valence-electron chi connectivity index (χ1n) is 8.69. The van der Waals surface area contributed by atoms with Crippen molar-refractivity contribution in [3.05, 3.63) is 0 Å². The van der Waals surface area contributed by atoms with Crippen molar-refractivity contribution >= 4 is 22.6 Å². The molecule has 1 aliphatic rings. The summed E-state index contributed by atoms with van der Waals surface area (Å²) in [5.74, 6) is 2.27. The number of hydrogen-bond donors (Lipinski definition) is 0. The Morgan fingerprint density at radius 1 is 0.524 bits per heavy atom. The molecule has 1 saturated heterocycles. The summed E-state index contributed by atoms with van der Waals surface area (Å²) in [5.41, 5.74) is 0. The SMILES string of the molecule is CC(C)CCN1[B]N(CCC(C)C)[B]N(CCC(C)C)[B]1. The van der Waals surface area contributed by atoms with Crippen molar-refractivity contribution in [3.8, 4) is 0 Å². The molecule has 0 saturated carbocycles. The van der Waals surface area contributed by atoms with Gasteiger partial charge >= 0.3 is 0 Å². The summed E-state index contributed by atoms with van der Waals surface area (Å²) in [7, 11) is 6.82. The summed E-state index contributed by atoms with van der Waals surface area (Å²) in [5, 5.41) is 0. The number of hydrogen-bond acceptors (Lipinski definition) is 3. The summed E-state index contributed by atoms with van der Waals surface area (Å²) in [6.45, 7) is 17.1. The normalized spacial score (nSPS) is 18.1. The Morgan fingerprint density at radius 2 is 0.762 bits per heavy atom. The molecule has 0 aliphatic carbocycles. The van der Waals surface area contributed by atoms with Crippen LogP contribution in [0, 0.1) is 17.8 Å². The Balaban J connectivity index is 2.46. The van der Waals surface area contributed by atoms with E-state index in [1.54, 1.807) is 0 Å². The van der Waals surface area contributed by atoms with E-state index in [9.17, 15) is 0 Å². The van der Waals surface area contributed by atoms with Gasteiger partial charge in [-0.15, -0.1) is 0 Å². The number of rotatable bonds is 9. The van der Waals surface area contributed by atoms with Crippen LogP contribution in [-0.2, 0) is 0 Å². The summed E-state index contributed by atoms with van der Waals surface area (Å²) in [4.78, 5) is 0. The molecule has 1 heterocycles. The molecule has 0 aromatic rings. The molecule has 117 valence electrons. The average molecular weight is 288 g/mol. The highest BCUT2D eigenvalue weighted by Gasteiger charge is 2.27. The molecule has 0 aromatic carbocycles. The van der Waals surface area contributed by atoms with Crippen LogP contribution in [-0.4, -0.2) is 56.4 Å². The van der Waals surface area contributed by atoms with Crippen LogP contribution in [0.5, 0.6) is 0 Å². The monoisotopic (exact) mass is 288 g/mol. The van der Waals surface area contributed by atoms with Crippen LogP contribution >= 0.6 is 0 Å². The van der Waals surface area contributed by atoms with Crippen LogP contribution in [0.2, 0.25) is 0 Å². The molecule has 6 heteroatoms. The minimum Gasteiger partial charge on any atom is -0.365 e. The third-order valence-electron chi connectivity index (χ3n) is 3.78. The van der Waals surface area contributed by atoms with Gasteiger partial charge in [-0.1, -0.05) is 41.5 Å². The first-order valence-corrected chi connectivity index (χ1v) is 8.69. The predicted octanol–water partition coefficient (Wildman–Crippen LogP) is 2.65. The van der Waals surface area contributed by atoms with E-state index in [0.717, 1.165) is 37.4 Å². The molecular weight excluding hydrogens is 255 g/mol. The van der Waals surface area contributed by atoms with E-state index in [-0.39, 0.29) is 0 Å². The van der Waals surface area contributed by atoms with Crippen molar-refractivity contribution in [2.24, 2.45) is 17.8 Å². The zero-order valence-corrected chi connectivity index (χ0v) is 15.0. The van der Waals surface area contributed by atoms with Crippen LogP contribution in [0.3, 0.4) is 0 Å². The lowest BCUT2D eigenvalue weighted by molar-refractivity contribution is 0.413. The van der Waals surface area contributed by atoms with Crippen LogP contribution < -0.4 is 0 Å². The second-order valence-electron chi connectivity index (χ2n) is 7.61. The molecule has 0 N–H and O–H groups in total. The van der Waals surface area contributed by atoms with Crippen molar-refractivity contribution in [1.82, 2.24) is 14.2 Å². The van der Waals surface area contributed by atoms with Gasteiger partial charge in [-0.2, -0.15) is 0 Å². The molecule has 0 spiro atoms. The summed E-state index contributed by atoms with van der Waals surface area (Å²) < 4.78 is 7.09. The van der Waals surface area contributed by atoms with Crippen molar-refractivity contribution in [2.75, 3.05) is 19.6 Å². The van der Waals surface area contributed by atoms with Gasteiger partial charge in [-0.05, 0) is 56.7 Å². The van der Waals surface area contributed by atoms with Crippen LogP contribution in [0.15, 0.2) is 0 Å². The van der Waals surface area contributed by atoms with Gasteiger partial charge in [0.25, 0.3) is 22.6 Å². The molecule has 1 rings (SSSR count). The van der Waals surface area contributed by atoms with E-state index in [1.807, 2.05) is 0 Å². The van der Waals surface area contributed by atoms with E-state index in [1.165, 1.54) is 19.3 Å². The summed E-state index contributed by atoms with van der Waals surface area (Å²) in [6.07, 6.45) is 3.72. The average Bonchev–Trinajstić information content (AvgIpc) is 2.40. The lowest BCUT2D eigenvalue weighted by Crippen LogP contribution is -2.62. The fourth-order valence-corrected chi connectivity index (χ4v) is 2.23. The molecule has 1 aliphatic heterocycles. The van der Waals surface area contributed by atoms with E-state index in [4.69, 9.17) is 0 Å². The van der Waals surface area contributed by atoms with Gasteiger partial charge in [-0.25, -0.2) is 0 Å². The van der Waals surface area contributed by atoms with Gasteiger partial charge in [-0.3, -0.25) is 0 Å². The van der Waals surface area contributed by atoms with Gasteiger partial charge in [0.05, 0.1) is 0 Å². The molecule has 0 aromatic heterocycles. The molecule has 3 nitrogen and oxygen atoms in total. The largest absolute Gasteiger partial charge is 0.365 e. The highest BCUT2D eigenvalue weighted by molar-refractivity contribution is 6.64. The lowest BCUT2D eigenvalue weighted by atomic mass is 9.73. The van der Waals surface area contributed by atoms with Crippen molar-refractivity contribution in [2.45, 2.75) is 60.8 Å². The van der Waals surface area contributed by atoms with Gasteiger partial charge in [0.1, 0.15) is 0 Å². The zero-order valence-electron chi connectivity index (χ0n) is 15.0. The van der Waals surface area contributed by atoms with Crippen LogP contribution in [0.4, 0.5) is 0 Å². The third kappa shape index (κ3) is 8.95. The second kappa shape index (κ2) is 9.96. The quantitative estimate of drug-likeness (QED) is 0.604. The van der Waals surface area contributed by atoms with Gasteiger partial charge < -0.3 is 14.2 Å². The summed E-state index contributed by atoms with van der Waals surface area (Å²) >= 11 is 0. The molecule has 21 heavy (non-hydrogen) atoms. The minimum atomic E-state index is 0.755. The lowest BCUT2D eigenvalue weighted by Gasteiger charge is -2.40. The third-order valence-corrected chi connectivity index (χ3v) is 3.78. The molecule has 0 unspecified atom stereocenters.